The molecule has 0 unspecified atom stereocenters. The summed E-state index contributed by atoms with van der Waals surface area (Å²) in [6.45, 7) is 5.31. The molecule has 9 heteroatoms. The zero-order valence-electron chi connectivity index (χ0n) is 21.9. The summed E-state index contributed by atoms with van der Waals surface area (Å²) in [4.78, 5) is 53.6. The Morgan fingerprint density at radius 2 is 1.59 bits per heavy atom. The van der Waals surface area contributed by atoms with E-state index in [1.54, 1.807) is 60.5 Å². The molecule has 1 heterocycles. The summed E-state index contributed by atoms with van der Waals surface area (Å²) in [7, 11) is 1.58. The number of carbonyl (C=O) groups is 2. The third-order valence-electron chi connectivity index (χ3n) is 6.17. The monoisotopic (exact) mass is 508 g/mol. The van der Waals surface area contributed by atoms with Gasteiger partial charge in [0.2, 0.25) is 11.8 Å². The van der Waals surface area contributed by atoms with Gasteiger partial charge in [0.05, 0.1) is 18.0 Å². The van der Waals surface area contributed by atoms with Crippen molar-refractivity contribution < 1.29 is 14.3 Å². The highest BCUT2D eigenvalue weighted by Crippen LogP contribution is 2.15. The van der Waals surface area contributed by atoms with E-state index >= 15 is 0 Å². The van der Waals surface area contributed by atoms with Crippen molar-refractivity contribution in [2.45, 2.75) is 59.0 Å². The molecular weight excluding hydrogens is 472 g/mol. The van der Waals surface area contributed by atoms with Crippen LogP contribution >= 0.6 is 0 Å². The highest BCUT2D eigenvalue weighted by molar-refractivity contribution is 5.90. The molecule has 198 valence electrons. The molecule has 0 aliphatic heterocycles. The van der Waals surface area contributed by atoms with Gasteiger partial charge in [-0.25, -0.2) is 4.79 Å². The number of nitrogens with one attached hydrogen (secondary N) is 1. The van der Waals surface area contributed by atoms with Crippen LogP contribution in [0.4, 0.5) is 5.69 Å². The van der Waals surface area contributed by atoms with Crippen LogP contribution in [0, 0.1) is 0 Å². The van der Waals surface area contributed by atoms with E-state index in [2.05, 4.69) is 5.32 Å². The van der Waals surface area contributed by atoms with Gasteiger partial charge in [0.25, 0.3) is 5.56 Å². The number of hydrogen-bond donors (Lipinski definition) is 1. The van der Waals surface area contributed by atoms with Gasteiger partial charge in [-0.3, -0.25) is 23.5 Å². The van der Waals surface area contributed by atoms with Gasteiger partial charge in [0.1, 0.15) is 12.3 Å². The molecule has 0 aliphatic carbocycles. The molecule has 2 amide bonds. The van der Waals surface area contributed by atoms with Crippen LogP contribution in [0.1, 0.15) is 46.0 Å². The molecule has 3 rings (SSSR count). The summed E-state index contributed by atoms with van der Waals surface area (Å²) in [5.41, 5.74) is 0.233. The second kappa shape index (κ2) is 13.4. The first-order valence-electron chi connectivity index (χ1n) is 12.8. The normalized spacial score (nSPS) is 10.9. The minimum absolute atomic E-state index is 0.121. The molecule has 1 aromatic heterocycles. The summed E-state index contributed by atoms with van der Waals surface area (Å²) in [6, 6.07) is 13.9. The van der Waals surface area contributed by atoms with Crippen LogP contribution in [-0.4, -0.2) is 46.0 Å². The summed E-state index contributed by atoms with van der Waals surface area (Å²) in [6.07, 6.45) is 2.87. The zero-order valence-corrected chi connectivity index (χ0v) is 21.9. The fraction of sp³-hybridized carbons (Fsp3) is 0.429. The number of fused-ring (bicyclic) bond motifs is 1. The van der Waals surface area contributed by atoms with Crippen LogP contribution < -0.4 is 21.3 Å². The number of nitrogens with zero attached hydrogens (tertiary/aromatic N) is 3. The predicted octanol–water partition coefficient (Wildman–Crippen LogP) is 3.63. The van der Waals surface area contributed by atoms with E-state index in [0.29, 0.717) is 48.3 Å². The van der Waals surface area contributed by atoms with E-state index in [1.807, 2.05) is 13.8 Å². The van der Waals surface area contributed by atoms with Gasteiger partial charge in [0.15, 0.2) is 0 Å². The van der Waals surface area contributed by atoms with E-state index < -0.39 is 5.69 Å². The lowest BCUT2D eigenvalue weighted by atomic mass is 10.2. The molecule has 9 nitrogen and oxygen atoms in total. The molecule has 0 spiro atoms. The van der Waals surface area contributed by atoms with Crippen molar-refractivity contribution in [3.63, 3.8) is 0 Å². The highest BCUT2D eigenvalue weighted by atomic mass is 16.5. The lowest BCUT2D eigenvalue weighted by molar-refractivity contribution is -0.132. The molecule has 1 N–H and O–H groups in total. The Hall–Kier alpha value is -3.88. The van der Waals surface area contributed by atoms with E-state index in [4.69, 9.17) is 4.74 Å². The molecule has 0 atom stereocenters. The van der Waals surface area contributed by atoms with Crippen molar-refractivity contribution >= 4 is 28.4 Å². The summed E-state index contributed by atoms with van der Waals surface area (Å²) >= 11 is 0. The van der Waals surface area contributed by atoms with Crippen molar-refractivity contribution in [1.82, 2.24) is 14.0 Å². The first-order valence-corrected chi connectivity index (χ1v) is 12.8. The van der Waals surface area contributed by atoms with Crippen LogP contribution in [0.5, 0.6) is 5.75 Å². The third kappa shape index (κ3) is 7.09. The van der Waals surface area contributed by atoms with Gasteiger partial charge in [-0.15, -0.1) is 0 Å². The van der Waals surface area contributed by atoms with Gasteiger partial charge in [-0.1, -0.05) is 26.0 Å². The molecule has 0 fully saturated rings. The summed E-state index contributed by atoms with van der Waals surface area (Å²) in [5, 5.41) is 3.22. The lowest BCUT2D eigenvalue weighted by Gasteiger charge is -2.22. The quantitative estimate of drug-likeness (QED) is 0.355. The number of anilines is 1. The van der Waals surface area contributed by atoms with Gasteiger partial charge in [-0.05, 0) is 62.1 Å². The van der Waals surface area contributed by atoms with Gasteiger partial charge < -0.3 is 15.0 Å². The molecule has 0 saturated carbocycles. The average molecular weight is 509 g/mol. The fourth-order valence-electron chi connectivity index (χ4n) is 4.31. The summed E-state index contributed by atoms with van der Waals surface area (Å²) in [5.74, 6) is 0.414. The number of carbonyl (C=O) groups excluding carboxylic acids is 2. The van der Waals surface area contributed by atoms with E-state index in [9.17, 15) is 19.2 Å². The van der Waals surface area contributed by atoms with E-state index in [1.165, 1.54) is 9.13 Å². The Kier molecular flexibility index (Phi) is 10.1. The molecule has 3 aromatic rings. The molecule has 0 saturated heterocycles. The third-order valence-corrected chi connectivity index (χ3v) is 6.17. The van der Waals surface area contributed by atoms with E-state index in [0.717, 1.165) is 12.8 Å². The lowest BCUT2D eigenvalue weighted by Crippen LogP contribution is -2.43. The van der Waals surface area contributed by atoms with Crippen molar-refractivity contribution in [2.75, 3.05) is 25.5 Å². The first kappa shape index (κ1) is 27.7. The van der Waals surface area contributed by atoms with Crippen LogP contribution in [0.25, 0.3) is 10.9 Å². The molecule has 2 aromatic carbocycles. The van der Waals surface area contributed by atoms with Crippen LogP contribution in [-0.2, 0) is 22.7 Å². The van der Waals surface area contributed by atoms with Gasteiger partial charge >= 0.3 is 5.69 Å². The van der Waals surface area contributed by atoms with Gasteiger partial charge in [-0.2, -0.15) is 0 Å². The fourth-order valence-corrected chi connectivity index (χ4v) is 4.31. The second-order valence-corrected chi connectivity index (χ2v) is 8.96. The van der Waals surface area contributed by atoms with E-state index in [-0.39, 0.29) is 36.9 Å². The Morgan fingerprint density at radius 1 is 0.919 bits per heavy atom. The number of rotatable bonds is 13. The number of aromatic nitrogens is 2. The van der Waals surface area contributed by atoms with Crippen LogP contribution in [0.15, 0.2) is 58.1 Å². The zero-order chi connectivity index (χ0) is 26.8. The molecule has 0 aliphatic rings. The number of unbranched alkanes of at least 4 members (excludes halogenated alkanes) is 1. The van der Waals surface area contributed by atoms with Crippen molar-refractivity contribution in [1.29, 1.82) is 0 Å². The standard InChI is InChI=1S/C28H36N4O5/c1-4-17-30(18-5-2)26(34)20-32-24-11-7-6-10-23(24)27(35)31(28(32)36)19-9-8-12-25(33)29-21-13-15-22(37-3)16-14-21/h6-7,10-11,13-16H,4-5,8-9,12,17-20H2,1-3H3,(H,29,33). The molecule has 0 bridgehead atoms. The maximum Gasteiger partial charge on any atom is 0.331 e. The minimum atomic E-state index is -0.507. The van der Waals surface area contributed by atoms with Gasteiger partial charge in [0, 0.05) is 31.7 Å². The Bertz CT molecular complexity index is 1320. The average Bonchev–Trinajstić information content (AvgIpc) is 2.90. The SMILES string of the molecule is CCCN(CCC)C(=O)Cn1c(=O)n(CCCCC(=O)Nc2ccc(OC)cc2)c(=O)c2ccccc21. The second-order valence-electron chi connectivity index (χ2n) is 8.96. The molecule has 37 heavy (non-hydrogen) atoms. The molecular formula is C28H36N4O5. The van der Waals surface area contributed by atoms with Crippen LogP contribution in [0.2, 0.25) is 0 Å². The van der Waals surface area contributed by atoms with Crippen molar-refractivity contribution in [3.8, 4) is 5.75 Å². The number of para-hydroxylation sites is 1. The maximum atomic E-state index is 13.4. The Balaban J connectivity index is 1.72. The predicted molar refractivity (Wildman–Crippen MR) is 145 cm³/mol. The number of ether oxygens (including phenoxy) is 1. The minimum Gasteiger partial charge on any atom is -0.497 e. The van der Waals surface area contributed by atoms with Crippen molar-refractivity contribution in [2.24, 2.45) is 0 Å². The van der Waals surface area contributed by atoms with Crippen LogP contribution in [0.3, 0.4) is 0 Å². The molecule has 0 radical (unpaired) electrons. The first-order chi connectivity index (χ1) is 17.9. The topological polar surface area (TPSA) is 103 Å². The largest absolute Gasteiger partial charge is 0.497 e. The number of benzene rings is 2. The number of methoxy groups -OCH3 is 1. The number of amides is 2. The smallest absolute Gasteiger partial charge is 0.331 e. The van der Waals surface area contributed by atoms with Crippen molar-refractivity contribution in [3.05, 3.63) is 69.4 Å². The highest BCUT2D eigenvalue weighted by Gasteiger charge is 2.18. The Labute approximate surface area is 216 Å². The number of hydrogen-bond acceptors (Lipinski definition) is 5. The maximum absolute atomic E-state index is 13.4. The Morgan fingerprint density at radius 3 is 2.24 bits per heavy atom. The summed E-state index contributed by atoms with van der Waals surface area (Å²) < 4.78 is 7.69.